The quantitative estimate of drug-likeness (QED) is 0.792. The first kappa shape index (κ1) is 10.4. The Labute approximate surface area is 93.8 Å². The standard InChI is InChI=1S/C13H12N2O/c1-2-6-15-13(16)11-3-4-12-9-14-7-5-10(12)8-11/h2-5,7-9H,1,6H2,(H,15,16). The molecule has 2 rings (SSSR count). The van der Waals surface area contributed by atoms with E-state index in [2.05, 4.69) is 16.9 Å². The Bertz CT molecular complexity index is 534. The van der Waals surface area contributed by atoms with Gasteiger partial charge in [0.1, 0.15) is 0 Å². The highest BCUT2D eigenvalue weighted by atomic mass is 16.1. The lowest BCUT2D eigenvalue weighted by atomic mass is 10.1. The van der Waals surface area contributed by atoms with Gasteiger partial charge in [-0.05, 0) is 23.6 Å². The number of fused-ring (bicyclic) bond motifs is 1. The van der Waals surface area contributed by atoms with Crippen LogP contribution in [0, 0.1) is 0 Å². The fraction of sp³-hybridized carbons (Fsp3) is 0.0769. The van der Waals surface area contributed by atoms with Crippen LogP contribution in [0.25, 0.3) is 10.8 Å². The minimum atomic E-state index is -0.0846. The van der Waals surface area contributed by atoms with Crippen molar-refractivity contribution in [2.45, 2.75) is 0 Å². The molecule has 0 spiro atoms. The molecule has 1 heterocycles. The summed E-state index contributed by atoms with van der Waals surface area (Å²) in [5.41, 5.74) is 0.653. The van der Waals surface area contributed by atoms with Gasteiger partial charge in [-0.3, -0.25) is 9.78 Å². The van der Waals surface area contributed by atoms with Gasteiger partial charge in [-0.1, -0.05) is 12.1 Å². The second kappa shape index (κ2) is 4.57. The van der Waals surface area contributed by atoms with Gasteiger partial charge in [-0.15, -0.1) is 6.58 Å². The maximum absolute atomic E-state index is 11.7. The van der Waals surface area contributed by atoms with Crippen LogP contribution in [0.3, 0.4) is 0 Å². The highest BCUT2D eigenvalue weighted by Crippen LogP contribution is 2.14. The third-order valence-corrected chi connectivity index (χ3v) is 2.31. The first-order valence-electron chi connectivity index (χ1n) is 5.04. The summed E-state index contributed by atoms with van der Waals surface area (Å²) in [5.74, 6) is -0.0846. The van der Waals surface area contributed by atoms with Crippen LogP contribution in [0.2, 0.25) is 0 Å². The van der Waals surface area contributed by atoms with Crippen LogP contribution in [0.15, 0.2) is 49.3 Å². The van der Waals surface area contributed by atoms with E-state index in [-0.39, 0.29) is 5.91 Å². The Hall–Kier alpha value is -2.16. The molecule has 1 aromatic heterocycles. The Balaban J connectivity index is 2.32. The smallest absolute Gasteiger partial charge is 0.251 e. The van der Waals surface area contributed by atoms with Gasteiger partial charge >= 0.3 is 0 Å². The number of aromatic nitrogens is 1. The minimum absolute atomic E-state index is 0.0846. The molecule has 0 radical (unpaired) electrons. The van der Waals surface area contributed by atoms with E-state index in [4.69, 9.17) is 0 Å². The average Bonchev–Trinajstić information content (AvgIpc) is 2.35. The molecular weight excluding hydrogens is 200 g/mol. The number of nitrogens with one attached hydrogen (secondary N) is 1. The van der Waals surface area contributed by atoms with Gasteiger partial charge in [0.15, 0.2) is 0 Å². The Kier molecular flexibility index (Phi) is 2.96. The van der Waals surface area contributed by atoms with E-state index in [1.165, 1.54) is 0 Å². The molecule has 0 fully saturated rings. The first-order chi connectivity index (χ1) is 7.81. The highest BCUT2D eigenvalue weighted by Gasteiger charge is 2.04. The number of rotatable bonds is 3. The second-order valence-electron chi connectivity index (χ2n) is 3.44. The lowest BCUT2D eigenvalue weighted by Gasteiger charge is -2.03. The predicted octanol–water partition coefficient (Wildman–Crippen LogP) is 2.15. The zero-order chi connectivity index (χ0) is 11.4. The van der Waals surface area contributed by atoms with E-state index in [1.54, 1.807) is 24.5 Å². The molecule has 16 heavy (non-hydrogen) atoms. The first-order valence-corrected chi connectivity index (χ1v) is 5.04. The van der Waals surface area contributed by atoms with Crippen LogP contribution >= 0.6 is 0 Å². The second-order valence-corrected chi connectivity index (χ2v) is 3.44. The van der Waals surface area contributed by atoms with Crippen LogP contribution in [-0.4, -0.2) is 17.4 Å². The largest absolute Gasteiger partial charge is 0.349 e. The van der Waals surface area contributed by atoms with Crippen molar-refractivity contribution in [2.24, 2.45) is 0 Å². The van der Waals surface area contributed by atoms with Crippen molar-refractivity contribution in [1.82, 2.24) is 10.3 Å². The van der Waals surface area contributed by atoms with E-state index >= 15 is 0 Å². The molecule has 1 aromatic carbocycles. The summed E-state index contributed by atoms with van der Waals surface area (Å²) in [6.07, 6.45) is 5.15. The summed E-state index contributed by atoms with van der Waals surface area (Å²) in [5, 5.41) is 4.79. The van der Waals surface area contributed by atoms with E-state index in [9.17, 15) is 4.79 Å². The summed E-state index contributed by atoms with van der Waals surface area (Å²) >= 11 is 0. The van der Waals surface area contributed by atoms with Crippen molar-refractivity contribution in [1.29, 1.82) is 0 Å². The molecule has 0 unspecified atom stereocenters. The SMILES string of the molecule is C=CCNC(=O)c1ccc2cnccc2c1. The maximum atomic E-state index is 11.7. The lowest BCUT2D eigenvalue weighted by Crippen LogP contribution is -2.22. The number of amides is 1. The summed E-state index contributed by atoms with van der Waals surface area (Å²) in [4.78, 5) is 15.7. The van der Waals surface area contributed by atoms with E-state index < -0.39 is 0 Å². The van der Waals surface area contributed by atoms with Gasteiger partial charge in [0.2, 0.25) is 0 Å². The van der Waals surface area contributed by atoms with Crippen molar-refractivity contribution in [3.05, 3.63) is 54.9 Å². The molecule has 0 aliphatic heterocycles. The van der Waals surface area contributed by atoms with Gasteiger partial charge in [0.25, 0.3) is 5.91 Å². The molecular formula is C13H12N2O. The number of pyridine rings is 1. The number of carbonyl (C=O) groups excluding carboxylic acids is 1. The number of carbonyl (C=O) groups is 1. The van der Waals surface area contributed by atoms with Crippen molar-refractivity contribution in [3.8, 4) is 0 Å². The molecule has 0 saturated heterocycles. The van der Waals surface area contributed by atoms with Gasteiger partial charge in [-0.25, -0.2) is 0 Å². The molecule has 3 nitrogen and oxygen atoms in total. The van der Waals surface area contributed by atoms with Gasteiger partial charge in [0.05, 0.1) is 0 Å². The third kappa shape index (κ3) is 2.08. The van der Waals surface area contributed by atoms with Crippen molar-refractivity contribution in [2.75, 3.05) is 6.54 Å². The fourth-order valence-corrected chi connectivity index (χ4v) is 1.49. The molecule has 0 aliphatic carbocycles. The molecule has 0 aliphatic rings. The van der Waals surface area contributed by atoms with Crippen molar-refractivity contribution < 1.29 is 4.79 Å². The molecule has 3 heteroatoms. The highest BCUT2D eigenvalue weighted by molar-refractivity contribution is 5.98. The molecule has 1 amide bonds. The van der Waals surface area contributed by atoms with Gasteiger partial charge in [0, 0.05) is 29.9 Å². The lowest BCUT2D eigenvalue weighted by molar-refractivity contribution is 0.0958. The van der Waals surface area contributed by atoms with Gasteiger partial charge < -0.3 is 5.32 Å². The fourth-order valence-electron chi connectivity index (χ4n) is 1.49. The topological polar surface area (TPSA) is 42.0 Å². The number of nitrogens with zero attached hydrogens (tertiary/aromatic N) is 1. The minimum Gasteiger partial charge on any atom is -0.349 e. The predicted molar refractivity (Wildman–Crippen MR) is 64.3 cm³/mol. The summed E-state index contributed by atoms with van der Waals surface area (Å²) in [6.45, 7) is 4.03. The zero-order valence-electron chi connectivity index (χ0n) is 8.81. The van der Waals surface area contributed by atoms with Crippen LogP contribution in [0.4, 0.5) is 0 Å². The summed E-state index contributed by atoms with van der Waals surface area (Å²) in [6, 6.07) is 7.43. The van der Waals surface area contributed by atoms with Crippen LogP contribution in [0.1, 0.15) is 10.4 Å². The number of hydrogen-bond donors (Lipinski definition) is 1. The third-order valence-electron chi connectivity index (χ3n) is 2.31. The molecule has 1 N–H and O–H groups in total. The Morgan fingerprint density at radius 2 is 2.25 bits per heavy atom. The summed E-state index contributed by atoms with van der Waals surface area (Å²) in [7, 11) is 0. The zero-order valence-corrected chi connectivity index (χ0v) is 8.81. The van der Waals surface area contributed by atoms with E-state index in [0.29, 0.717) is 12.1 Å². The molecule has 0 atom stereocenters. The molecule has 2 aromatic rings. The Morgan fingerprint density at radius 1 is 1.38 bits per heavy atom. The van der Waals surface area contributed by atoms with Gasteiger partial charge in [-0.2, -0.15) is 0 Å². The number of benzene rings is 1. The van der Waals surface area contributed by atoms with E-state index in [0.717, 1.165) is 10.8 Å². The Morgan fingerprint density at radius 3 is 3.06 bits per heavy atom. The van der Waals surface area contributed by atoms with Crippen LogP contribution in [0.5, 0.6) is 0 Å². The van der Waals surface area contributed by atoms with Crippen molar-refractivity contribution in [3.63, 3.8) is 0 Å². The van der Waals surface area contributed by atoms with Crippen LogP contribution < -0.4 is 5.32 Å². The van der Waals surface area contributed by atoms with Crippen molar-refractivity contribution >= 4 is 16.7 Å². The molecule has 0 saturated carbocycles. The monoisotopic (exact) mass is 212 g/mol. The van der Waals surface area contributed by atoms with Crippen LogP contribution in [-0.2, 0) is 0 Å². The summed E-state index contributed by atoms with van der Waals surface area (Å²) < 4.78 is 0. The molecule has 80 valence electrons. The molecule has 0 bridgehead atoms. The maximum Gasteiger partial charge on any atom is 0.251 e. The average molecular weight is 212 g/mol. The van der Waals surface area contributed by atoms with E-state index in [1.807, 2.05) is 18.2 Å². The number of hydrogen-bond acceptors (Lipinski definition) is 2. The normalized spacial score (nSPS) is 10.0.